The van der Waals surface area contributed by atoms with Gasteiger partial charge in [-0.3, -0.25) is 0 Å². The second-order valence-electron chi connectivity index (χ2n) is 4.27. The summed E-state index contributed by atoms with van der Waals surface area (Å²) < 4.78 is 0. The number of rotatable bonds is 2. The SMILES string of the molecule is CN1CCCN(c2ncnc(Cl)c2CO)CC1. The maximum atomic E-state index is 9.35. The molecule has 2 rings (SSSR count). The molecule has 0 amide bonds. The van der Waals surface area contributed by atoms with Crippen LogP contribution in [0.5, 0.6) is 0 Å². The summed E-state index contributed by atoms with van der Waals surface area (Å²) in [7, 11) is 2.11. The third-order valence-electron chi connectivity index (χ3n) is 3.05. The van der Waals surface area contributed by atoms with Crippen molar-refractivity contribution in [3.63, 3.8) is 0 Å². The monoisotopic (exact) mass is 256 g/mol. The van der Waals surface area contributed by atoms with Crippen LogP contribution in [0.4, 0.5) is 5.82 Å². The Morgan fingerprint density at radius 3 is 2.88 bits per heavy atom. The van der Waals surface area contributed by atoms with Gasteiger partial charge >= 0.3 is 0 Å². The minimum Gasteiger partial charge on any atom is -0.391 e. The van der Waals surface area contributed by atoms with Crippen LogP contribution >= 0.6 is 11.6 Å². The van der Waals surface area contributed by atoms with E-state index in [4.69, 9.17) is 11.6 Å². The van der Waals surface area contributed by atoms with E-state index in [9.17, 15) is 5.11 Å². The van der Waals surface area contributed by atoms with Crippen molar-refractivity contribution in [2.75, 3.05) is 38.1 Å². The lowest BCUT2D eigenvalue weighted by Gasteiger charge is -2.23. The molecule has 0 bridgehead atoms. The number of aliphatic hydroxyl groups is 1. The van der Waals surface area contributed by atoms with Crippen molar-refractivity contribution < 1.29 is 5.11 Å². The van der Waals surface area contributed by atoms with Gasteiger partial charge in [0.25, 0.3) is 0 Å². The van der Waals surface area contributed by atoms with Gasteiger partial charge < -0.3 is 14.9 Å². The maximum absolute atomic E-state index is 9.35. The summed E-state index contributed by atoms with van der Waals surface area (Å²) in [5.74, 6) is 0.766. The van der Waals surface area contributed by atoms with Gasteiger partial charge in [-0.2, -0.15) is 0 Å². The van der Waals surface area contributed by atoms with E-state index in [0.717, 1.165) is 38.4 Å². The summed E-state index contributed by atoms with van der Waals surface area (Å²) in [5, 5.41) is 9.69. The number of aromatic nitrogens is 2. The zero-order valence-electron chi connectivity index (χ0n) is 9.93. The molecular formula is C11H17ClN4O. The van der Waals surface area contributed by atoms with Gasteiger partial charge in [0.1, 0.15) is 17.3 Å². The molecule has 94 valence electrons. The Kier molecular flexibility index (Phi) is 4.15. The Bertz CT molecular complexity index is 388. The molecule has 0 aromatic carbocycles. The quantitative estimate of drug-likeness (QED) is 0.792. The molecule has 0 atom stereocenters. The molecule has 0 spiro atoms. The van der Waals surface area contributed by atoms with E-state index >= 15 is 0 Å². The first-order valence-corrected chi connectivity index (χ1v) is 6.14. The molecule has 2 heterocycles. The van der Waals surface area contributed by atoms with Crippen molar-refractivity contribution in [1.82, 2.24) is 14.9 Å². The lowest BCUT2D eigenvalue weighted by atomic mass is 10.3. The Morgan fingerprint density at radius 1 is 1.29 bits per heavy atom. The van der Waals surface area contributed by atoms with Gasteiger partial charge in [-0.25, -0.2) is 9.97 Å². The fourth-order valence-corrected chi connectivity index (χ4v) is 2.24. The molecule has 1 aliphatic heterocycles. The normalized spacial score (nSPS) is 18.2. The highest BCUT2D eigenvalue weighted by molar-refractivity contribution is 6.30. The van der Waals surface area contributed by atoms with Crippen molar-refractivity contribution >= 4 is 17.4 Å². The first-order chi connectivity index (χ1) is 8.22. The molecule has 0 aliphatic carbocycles. The predicted molar refractivity (Wildman–Crippen MR) is 67.3 cm³/mol. The van der Waals surface area contributed by atoms with Crippen molar-refractivity contribution in [3.05, 3.63) is 17.0 Å². The Hall–Kier alpha value is -0.910. The van der Waals surface area contributed by atoms with Gasteiger partial charge in [0.05, 0.1) is 12.2 Å². The van der Waals surface area contributed by atoms with Crippen LogP contribution in [0.1, 0.15) is 12.0 Å². The van der Waals surface area contributed by atoms with E-state index < -0.39 is 0 Å². The second kappa shape index (κ2) is 5.62. The maximum Gasteiger partial charge on any atom is 0.140 e. The smallest absolute Gasteiger partial charge is 0.140 e. The average Bonchev–Trinajstić information content (AvgIpc) is 2.54. The number of anilines is 1. The third-order valence-corrected chi connectivity index (χ3v) is 3.37. The van der Waals surface area contributed by atoms with E-state index in [2.05, 4.69) is 26.8 Å². The van der Waals surface area contributed by atoms with Crippen molar-refractivity contribution in [1.29, 1.82) is 0 Å². The molecule has 17 heavy (non-hydrogen) atoms. The van der Waals surface area contributed by atoms with Crippen LogP contribution in [0.2, 0.25) is 5.15 Å². The van der Waals surface area contributed by atoms with E-state index in [-0.39, 0.29) is 6.61 Å². The van der Waals surface area contributed by atoms with Gasteiger partial charge in [-0.15, -0.1) is 0 Å². The molecule has 1 saturated heterocycles. The predicted octanol–water partition coefficient (Wildman–Crippen LogP) is 0.764. The summed E-state index contributed by atoms with van der Waals surface area (Å²) in [6, 6.07) is 0. The molecule has 1 N–H and O–H groups in total. The van der Waals surface area contributed by atoms with Gasteiger partial charge in [0.15, 0.2) is 0 Å². The van der Waals surface area contributed by atoms with Crippen LogP contribution in [0.15, 0.2) is 6.33 Å². The minimum atomic E-state index is -0.124. The van der Waals surface area contributed by atoms with Crippen molar-refractivity contribution in [2.45, 2.75) is 13.0 Å². The largest absolute Gasteiger partial charge is 0.391 e. The van der Waals surface area contributed by atoms with E-state index in [1.54, 1.807) is 0 Å². The summed E-state index contributed by atoms with van der Waals surface area (Å²) in [4.78, 5) is 12.6. The number of likely N-dealkylation sites (N-methyl/N-ethyl adjacent to an activating group) is 1. The van der Waals surface area contributed by atoms with E-state index in [1.165, 1.54) is 6.33 Å². The van der Waals surface area contributed by atoms with Crippen LogP contribution in [0.25, 0.3) is 0 Å². The summed E-state index contributed by atoms with van der Waals surface area (Å²) in [6.45, 7) is 3.79. The standard InChI is InChI=1S/C11H17ClN4O/c1-15-3-2-4-16(6-5-15)11-9(7-17)10(12)13-8-14-11/h8,17H,2-7H2,1H3. The van der Waals surface area contributed by atoms with Crippen molar-refractivity contribution in [3.8, 4) is 0 Å². The lowest BCUT2D eigenvalue weighted by molar-refractivity contribution is 0.281. The van der Waals surface area contributed by atoms with Gasteiger partial charge in [0, 0.05) is 19.6 Å². The summed E-state index contributed by atoms with van der Waals surface area (Å²) in [6.07, 6.45) is 2.54. The molecule has 1 aliphatic rings. The fraction of sp³-hybridized carbons (Fsp3) is 0.636. The van der Waals surface area contributed by atoms with Crippen LogP contribution in [-0.4, -0.2) is 53.2 Å². The van der Waals surface area contributed by atoms with Crippen LogP contribution < -0.4 is 4.90 Å². The van der Waals surface area contributed by atoms with E-state index in [1.807, 2.05) is 0 Å². The molecule has 6 heteroatoms. The molecule has 5 nitrogen and oxygen atoms in total. The Labute approximate surface area is 106 Å². The van der Waals surface area contributed by atoms with Gasteiger partial charge in [-0.05, 0) is 20.0 Å². The van der Waals surface area contributed by atoms with Crippen molar-refractivity contribution in [2.24, 2.45) is 0 Å². The Morgan fingerprint density at radius 2 is 2.12 bits per heavy atom. The molecule has 0 saturated carbocycles. The number of aliphatic hydroxyl groups excluding tert-OH is 1. The second-order valence-corrected chi connectivity index (χ2v) is 4.63. The first-order valence-electron chi connectivity index (χ1n) is 5.76. The number of hydrogen-bond acceptors (Lipinski definition) is 5. The molecule has 0 unspecified atom stereocenters. The van der Waals surface area contributed by atoms with Crippen LogP contribution in [0.3, 0.4) is 0 Å². The zero-order chi connectivity index (χ0) is 12.3. The van der Waals surface area contributed by atoms with Gasteiger partial charge in [-0.1, -0.05) is 11.6 Å². The van der Waals surface area contributed by atoms with Crippen LogP contribution in [0, 0.1) is 0 Å². The minimum absolute atomic E-state index is 0.124. The highest BCUT2D eigenvalue weighted by Gasteiger charge is 2.18. The topological polar surface area (TPSA) is 52.5 Å². The first kappa shape index (κ1) is 12.5. The summed E-state index contributed by atoms with van der Waals surface area (Å²) >= 11 is 5.97. The van der Waals surface area contributed by atoms with Gasteiger partial charge in [0.2, 0.25) is 0 Å². The lowest BCUT2D eigenvalue weighted by Crippen LogP contribution is -2.30. The number of nitrogens with zero attached hydrogens (tertiary/aromatic N) is 4. The van der Waals surface area contributed by atoms with E-state index in [0.29, 0.717) is 10.7 Å². The molecule has 0 radical (unpaired) electrons. The number of halogens is 1. The number of hydrogen-bond donors (Lipinski definition) is 1. The molecule has 1 aromatic rings. The average molecular weight is 257 g/mol. The molecular weight excluding hydrogens is 240 g/mol. The third kappa shape index (κ3) is 2.86. The zero-order valence-corrected chi connectivity index (χ0v) is 10.7. The summed E-state index contributed by atoms with van der Waals surface area (Å²) in [5.41, 5.74) is 0.624. The highest BCUT2D eigenvalue weighted by Crippen LogP contribution is 2.24. The molecule has 1 aromatic heterocycles. The Balaban J connectivity index is 2.23. The molecule has 1 fully saturated rings. The fourth-order valence-electron chi connectivity index (χ4n) is 2.05. The highest BCUT2D eigenvalue weighted by atomic mass is 35.5. The van der Waals surface area contributed by atoms with Crippen LogP contribution in [-0.2, 0) is 6.61 Å².